The highest BCUT2D eigenvalue weighted by Gasteiger charge is 2.05. The van der Waals surface area contributed by atoms with Crippen LogP contribution in [0.5, 0.6) is 0 Å². The van der Waals surface area contributed by atoms with E-state index in [0.717, 1.165) is 6.42 Å². The van der Waals surface area contributed by atoms with Crippen molar-refractivity contribution in [3.05, 3.63) is 12.7 Å². The van der Waals surface area contributed by atoms with E-state index in [4.69, 9.17) is 12.3 Å². The molecule has 2 N–H and O–H groups in total. The molecule has 1 nitrogen and oxygen atoms in total. The van der Waals surface area contributed by atoms with Crippen LogP contribution in [-0.4, -0.2) is 5.54 Å². The third-order valence-electron chi connectivity index (χ3n) is 0.644. The Kier molecular flexibility index (Phi) is 2.03. The van der Waals surface area contributed by atoms with Crippen molar-refractivity contribution in [1.29, 1.82) is 0 Å². The third kappa shape index (κ3) is 5.70. The van der Waals surface area contributed by atoms with E-state index in [0.29, 0.717) is 0 Å². The van der Waals surface area contributed by atoms with Crippen LogP contribution in [0.25, 0.3) is 0 Å². The van der Waals surface area contributed by atoms with Crippen LogP contribution in [0.4, 0.5) is 0 Å². The first-order valence-corrected chi connectivity index (χ1v) is 2.38. The quantitative estimate of drug-likeness (QED) is 0.550. The van der Waals surface area contributed by atoms with Gasteiger partial charge >= 0.3 is 0 Å². The van der Waals surface area contributed by atoms with Gasteiger partial charge in [-0.1, -0.05) is 12.7 Å². The SMILES string of the molecule is [CH]=CCC(C)(C)N. The predicted molar refractivity (Wildman–Crippen MR) is 31.8 cm³/mol. The Bertz CT molecular complexity index is 59.1. The van der Waals surface area contributed by atoms with Crippen molar-refractivity contribution in [2.45, 2.75) is 25.8 Å². The smallest absolute Gasteiger partial charge is 0.0132 e. The zero-order valence-corrected chi connectivity index (χ0v) is 4.94. The first-order valence-electron chi connectivity index (χ1n) is 2.38. The minimum atomic E-state index is -0.130. The van der Waals surface area contributed by atoms with Gasteiger partial charge in [0.25, 0.3) is 0 Å². The van der Waals surface area contributed by atoms with E-state index in [1.165, 1.54) is 0 Å². The van der Waals surface area contributed by atoms with E-state index in [-0.39, 0.29) is 5.54 Å². The third-order valence-corrected chi connectivity index (χ3v) is 0.644. The summed E-state index contributed by atoms with van der Waals surface area (Å²) in [6, 6.07) is 0. The summed E-state index contributed by atoms with van der Waals surface area (Å²) in [6.45, 7) is 8.99. The highest BCUT2D eigenvalue weighted by molar-refractivity contribution is 4.80. The molecule has 0 bridgehead atoms. The van der Waals surface area contributed by atoms with Gasteiger partial charge < -0.3 is 5.73 Å². The van der Waals surface area contributed by atoms with Gasteiger partial charge in [-0.3, -0.25) is 0 Å². The van der Waals surface area contributed by atoms with Crippen molar-refractivity contribution < 1.29 is 0 Å². The van der Waals surface area contributed by atoms with Gasteiger partial charge in [-0.15, -0.1) is 0 Å². The molecule has 0 saturated heterocycles. The van der Waals surface area contributed by atoms with E-state index in [1.54, 1.807) is 6.08 Å². The molecule has 0 aromatic rings. The lowest BCUT2D eigenvalue weighted by molar-refractivity contribution is 0.528. The van der Waals surface area contributed by atoms with E-state index < -0.39 is 0 Å². The maximum atomic E-state index is 5.53. The number of rotatable bonds is 2. The Morgan fingerprint density at radius 1 is 1.71 bits per heavy atom. The molecule has 0 unspecified atom stereocenters. The first-order chi connectivity index (χ1) is 3.06. The molecule has 0 atom stereocenters. The topological polar surface area (TPSA) is 26.0 Å². The van der Waals surface area contributed by atoms with Crippen molar-refractivity contribution >= 4 is 0 Å². The second-order valence-electron chi connectivity index (χ2n) is 2.43. The normalized spacial score (nSPS) is 11.3. The molecule has 0 rings (SSSR count). The Morgan fingerprint density at radius 2 is 2.14 bits per heavy atom. The van der Waals surface area contributed by atoms with Crippen LogP contribution in [0.15, 0.2) is 6.08 Å². The Morgan fingerprint density at radius 3 is 2.14 bits per heavy atom. The van der Waals surface area contributed by atoms with E-state index in [1.807, 2.05) is 13.8 Å². The zero-order valence-electron chi connectivity index (χ0n) is 4.94. The van der Waals surface area contributed by atoms with Gasteiger partial charge in [-0.25, -0.2) is 0 Å². The highest BCUT2D eigenvalue weighted by atomic mass is 14.7. The summed E-state index contributed by atoms with van der Waals surface area (Å²) in [5.74, 6) is 0. The molecule has 41 valence electrons. The van der Waals surface area contributed by atoms with Gasteiger partial charge in [0.2, 0.25) is 0 Å². The van der Waals surface area contributed by atoms with Gasteiger partial charge in [0.15, 0.2) is 0 Å². The van der Waals surface area contributed by atoms with Gasteiger partial charge in [0.05, 0.1) is 0 Å². The molecule has 7 heavy (non-hydrogen) atoms. The minimum Gasteiger partial charge on any atom is -0.325 e. The molecule has 1 heteroatoms. The van der Waals surface area contributed by atoms with Gasteiger partial charge in [0, 0.05) is 5.54 Å². The predicted octanol–water partition coefficient (Wildman–Crippen LogP) is 1.10. The lowest BCUT2D eigenvalue weighted by Crippen LogP contribution is -2.30. The summed E-state index contributed by atoms with van der Waals surface area (Å²) < 4.78 is 0. The fourth-order valence-electron chi connectivity index (χ4n) is 0.304. The van der Waals surface area contributed by atoms with E-state index >= 15 is 0 Å². The Labute approximate surface area is 45.2 Å². The summed E-state index contributed by atoms with van der Waals surface area (Å²) >= 11 is 0. The minimum absolute atomic E-state index is 0.130. The van der Waals surface area contributed by atoms with E-state index in [2.05, 4.69) is 0 Å². The van der Waals surface area contributed by atoms with E-state index in [9.17, 15) is 0 Å². The Hall–Kier alpha value is -0.300. The average molecular weight is 98.2 g/mol. The second kappa shape index (κ2) is 2.12. The summed E-state index contributed by atoms with van der Waals surface area (Å²) in [4.78, 5) is 0. The van der Waals surface area contributed by atoms with Crippen LogP contribution in [0, 0.1) is 6.58 Å². The molecule has 1 radical (unpaired) electrons. The van der Waals surface area contributed by atoms with Crippen LogP contribution < -0.4 is 5.73 Å². The molecular formula is C6H12N. The molecule has 0 spiro atoms. The molecular weight excluding hydrogens is 86.1 g/mol. The molecule has 0 saturated carbocycles. The highest BCUT2D eigenvalue weighted by Crippen LogP contribution is 2.01. The lowest BCUT2D eigenvalue weighted by atomic mass is 10.0. The standard InChI is InChI=1S/C6H12N/c1-4-5-6(2,3)7/h1,4H,5,7H2,2-3H3. The molecule has 0 amide bonds. The fourth-order valence-corrected chi connectivity index (χ4v) is 0.304. The number of hydrogen-bond acceptors (Lipinski definition) is 1. The second-order valence-corrected chi connectivity index (χ2v) is 2.43. The summed E-state index contributed by atoms with van der Waals surface area (Å²) in [5.41, 5.74) is 5.40. The molecule has 0 aromatic heterocycles. The summed E-state index contributed by atoms with van der Waals surface area (Å²) in [6.07, 6.45) is 2.35. The zero-order chi connectivity index (χ0) is 5.91. The fraction of sp³-hybridized carbons (Fsp3) is 0.667. The van der Waals surface area contributed by atoms with Crippen molar-refractivity contribution in [1.82, 2.24) is 0 Å². The van der Waals surface area contributed by atoms with Crippen molar-refractivity contribution in [2.75, 3.05) is 0 Å². The lowest BCUT2D eigenvalue weighted by Gasteiger charge is -2.13. The van der Waals surface area contributed by atoms with Crippen LogP contribution in [0.2, 0.25) is 0 Å². The van der Waals surface area contributed by atoms with Crippen molar-refractivity contribution in [2.24, 2.45) is 5.73 Å². The molecule has 0 aliphatic rings. The van der Waals surface area contributed by atoms with Crippen LogP contribution >= 0.6 is 0 Å². The molecule has 0 aliphatic carbocycles. The largest absolute Gasteiger partial charge is 0.325 e. The van der Waals surface area contributed by atoms with Gasteiger partial charge in [-0.2, -0.15) is 0 Å². The Balaban J connectivity index is 3.34. The first kappa shape index (κ1) is 6.70. The molecule has 0 aromatic carbocycles. The molecule has 0 heterocycles. The van der Waals surface area contributed by atoms with Gasteiger partial charge in [0.1, 0.15) is 0 Å². The van der Waals surface area contributed by atoms with Crippen LogP contribution in [0.3, 0.4) is 0 Å². The average Bonchev–Trinajstić information content (AvgIpc) is 1.30. The summed E-state index contributed by atoms with van der Waals surface area (Å²) in [7, 11) is 0. The molecule has 0 aliphatic heterocycles. The maximum Gasteiger partial charge on any atom is 0.0132 e. The molecule has 0 fully saturated rings. The maximum absolute atomic E-state index is 5.53. The van der Waals surface area contributed by atoms with Crippen molar-refractivity contribution in [3.63, 3.8) is 0 Å². The van der Waals surface area contributed by atoms with Gasteiger partial charge in [-0.05, 0) is 20.3 Å². The van der Waals surface area contributed by atoms with Crippen LogP contribution in [-0.2, 0) is 0 Å². The number of hydrogen-bond donors (Lipinski definition) is 1. The summed E-state index contributed by atoms with van der Waals surface area (Å²) in [5, 5.41) is 0. The number of nitrogens with two attached hydrogens (primary N) is 1. The van der Waals surface area contributed by atoms with Crippen LogP contribution in [0.1, 0.15) is 20.3 Å². The monoisotopic (exact) mass is 98.1 g/mol. The van der Waals surface area contributed by atoms with Crippen molar-refractivity contribution in [3.8, 4) is 0 Å².